The molecule has 0 bridgehead atoms. The number of hydrogen-bond donors (Lipinski definition) is 4. The number of benzene rings is 1. The molecule has 1 aromatic carbocycles. The smallest absolute Gasteiger partial charge is 0.244 e. The molecule has 4 N–H and O–H groups in total. The van der Waals surface area contributed by atoms with E-state index in [0.717, 1.165) is 16.9 Å². The van der Waals surface area contributed by atoms with Crippen LogP contribution in [0, 0.1) is 5.92 Å². The molecule has 11 nitrogen and oxygen atoms in total. The second-order valence-corrected chi connectivity index (χ2v) is 11.0. The van der Waals surface area contributed by atoms with Gasteiger partial charge in [-0.05, 0) is 23.8 Å². The van der Waals surface area contributed by atoms with Crippen molar-refractivity contribution in [3.8, 4) is 0 Å². The highest BCUT2D eigenvalue weighted by molar-refractivity contribution is 7.92. The van der Waals surface area contributed by atoms with Crippen LogP contribution in [0.1, 0.15) is 17.5 Å². The number of fused-ring (bicyclic) bond motifs is 2. The highest BCUT2D eigenvalue weighted by Crippen LogP contribution is 2.33. The molecule has 2 aromatic rings. The number of carbonyl (C=O) groups excluding carboxylic acids is 1. The largest absolute Gasteiger partial charge is 0.380 e. The third-order valence-electron chi connectivity index (χ3n) is 6.61. The first-order valence-corrected chi connectivity index (χ1v) is 13.0. The standard InChI is InChI=1S/C22H29N7O4S/c1-28-22(30)20-16(24-15-6-4-5-7-17(15)29(2)34(3,31)32)9-19(26-21(20)27-28)25-18-8-13-11-33-12-14(13)10-23-18/h4-8,10,16,19-21,24,26-27H,9,11-12H2,1-3H3,(H,23,25). The lowest BCUT2D eigenvalue weighted by Gasteiger charge is -2.39. The number of amides is 1. The van der Waals surface area contributed by atoms with Crippen LogP contribution in [0.25, 0.3) is 0 Å². The van der Waals surface area contributed by atoms with Crippen LogP contribution in [0.5, 0.6) is 0 Å². The Balaban J connectivity index is 1.41. The Kier molecular flexibility index (Phi) is 5.84. The van der Waals surface area contributed by atoms with Crippen LogP contribution in [0.15, 0.2) is 36.5 Å². The number of hydrazine groups is 1. The average Bonchev–Trinajstić information content (AvgIpc) is 3.36. The molecule has 12 heteroatoms. The molecule has 4 unspecified atom stereocenters. The quantitative estimate of drug-likeness (QED) is 0.464. The van der Waals surface area contributed by atoms with Crippen molar-refractivity contribution in [1.29, 1.82) is 0 Å². The van der Waals surface area contributed by atoms with E-state index >= 15 is 0 Å². The number of nitrogens with one attached hydrogen (secondary N) is 4. The van der Waals surface area contributed by atoms with E-state index in [-0.39, 0.29) is 30.2 Å². The molecular weight excluding hydrogens is 458 g/mol. The number of ether oxygens (including phenoxy) is 1. The highest BCUT2D eigenvalue weighted by atomic mass is 32.2. The van der Waals surface area contributed by atoms with Crippen LogP contribution in [0.3, 0.4) is 0 Å². The maximum absolute atomic E-state index is 12.9. The van der Waals surface area contributed by atoms with Gasteiger partial charge in [0.15, 0.2) is 0 Å². The molecule has 2 fully saturated rings. The van der Waals surface area contributed by atoms with Crippen molar-refractivity contribution in [2.24, 2.45) is 5.92 Å². The van der Waals surface area contributed by atoms with Gasteiger partial charge in [0, 0.05) is 38.3 Å². The van der Waals surface area contributed by atoms with Crippen molar-refractivity contribution in [1.82, 2.24) is 20.7 Å². The number of rotatable bonds is 6. The average molecular weight is 488 g/mol. The summed E-state index contributed by atoms with van der Waals surface area (Å²) in [4.78, 5) is 17.5. The molecule has 4 atom stereocenters. The van der Waals surface area contributed by atoms with Gasteiger partial charge < -0.3 is 15.4 Å². The van der Waals surface area contributed by atoms with E-state index in [0.29, 0.717) is 31.0 Å². The molecule has 0 aliphatic carbocycles. The lowest BCUT2D eigenvalue weighted by Crippen LogP contribution is -2.61. The molecule has 3 aliphatic heterocycles. The molecule has 4 heterocycles. The molecule has 0 radical (unpaired) electrons. The Labute approximate surface area is 198 Å². The molecule has 1 amide bonds. The number of sulfonamides is 1. The molecule has 3 aliphatic rings. The van der Waals surface area contributed by atoms with Crippen molar-refractivity contribution in [3.05, 3.63) is 47.7 Å². The van der Waals surface area contributed by atoms with Gasteiger partial charge in [0.2, 0.25) is 15.9 Å². The van der Waals surface area contributed by atoms with Crippen LogP contribution in [0.4, 0.5) is 17.2 Å². The van der Waals surface area contributed by atoms with Crippen molar-refractivity contribution in [2.75, 3.05) is 35.3 Å². The van der Waals surface area contributed by atoms with Gasteiger partial charge >= 0.3 is 0 Å². The minimum absolute atomic E-state index is 0.0322. The maximum Gasteiger partial charge on any atom is 0.244 e. The topological polar surface area (TPSA) is 128 Å². The fourth-order valence-electron chi connectivity index (χ4n) is 4.77. The zero-order chi connectivity index (χ0) is 24.0. The van der Waals surface area contributed by atoms with E-state index in [4.69, 9.17) is 4.74 Å². The second-order valence-electron chi connectivity index (χ2n) is 8.96. The van der Waals surface area contributed by atoms with Crippen molar-refractivity contribution < 1.29 is 17.9 Å². The Morgan fingerprint density at radius 2 is 1.97 bits per heavy atom. The fourth-order valence-corrected chi connectivity index (χ4v) is 5.28. The van der Waals surface area contributed by atoms with Gasteiger partial charge in [-0.25, -0.2) is 18.8 Å². The number of pyridine rings is 1. The first-order chi connectivity index (χ1) is 16.2. The Morgan fingerprint density at radius 1 is 1.21 bits per heavy atom. The van der Waals surface area contributed by atoms with Crippen LogP contribution < -0.4 is 25.7 Å². The van der Waals surface area contributed by atoms with E-state index in [1.807, 2.05) is 24.4 Å². The van der Waals surface area contributed by atoms with Gasteiger partial charge in [-0.3, -0.25) is 19.4 Å². The van der Waals surface area contributed by atoms with E-state index in [1.165, 1.54) is 22.6 Å². The van der Waals surface area contributed by atoms with Gasteiger partial charge in [0.25, 0.3) is 0 Å². The van der Waals surface area contributed by atoms with Crippen molar-refractivity contribution in [2.45, 2.75) is 38.0 Å². The minimum atomic E-state index is -3.45. The number of para-hydroxylation sites is 2. The summed E-state index contributed by atoms with van der Waals surface area (Å²) in [6.45, 7) is 1.16. The first-order valence-electron chi connectivity index (χ1n) is 11.1. The van der Waals surface area contributed by atoms with Crippen molar-refractivity contribution >= 4 is 33.1 Å². The summed E-state index contributed by atoms with van der Waals surface area (Å²) in [5.74, 6) is 0.324. The third-order valence-corrected chi connectivity index (χ3v) is 7.80. The summed E-state index contributed by atoms with van der Waals surface area (Å²) in [6, 6.07) is 8.93. The Morgan fingerprint density at radius 3 is 2.76 bits per heavy atom. The van der Waals surface area contributed by atoms with Crippen molar-refractivity contribution in [3.63, 3.8) is 0 Å². The fraction of sp³-hybridized carbons (Fsp3) is 0.455. The lowest BCUT2D eigenvalue weighted by atomic mass is 9.88. The molecule has 2 saturated heterocycles. The number of piperidine rings is 1. The van der Waals surface area contributed by atoms with Crippen LogP contribution >= 0.6 is 0 Å². The normalized spacial score (nSPS) is 26.2. The zero-order valence-electron chi connectivity index (χ0n) is 19.3. The predicted molar refractivity (Wildman–Crippen MR) is 128 cm³/mol. The van der Waals surface area contributed by atoms with Crippen LogP contribution in [0.2, 0.25) is 0 Å². The predicted octanol–water partition coefficient (Wildman–Crippen LogP) is 0.639. The number of hydrogen-bond acceptors (Lipinski definition) is 9. The van der Waals surface area contributed by atoms with Crippen LogP contribution in [-0.2, 0) is 32.8 Å². The van der Waals surface area contributed by atoms with E-state index < -0.39 is 10.0 Å². The van der Waals surface area contributed by atoms with E-state index in [2.05, 4.69) is 26.4 Å². The molecule has 5 rings (SSSR count). The number of nitrogens with zero attached hydrogens (tertiary/aromatic N) is 3. The summed E-state index contributed by atoms with van der Waals surface area (Å²) in [6.07, 6.45) is 3.08. The summed E-state index contributed by atoms with van der Waals surface area (Å²) in [5, 5.41) is 11.9. The van der Waals surface area contributed by atoms with Crippen LogP contribution in [-0.4, -0.2) is 63.0 Å². The zero-order valence-corrected chi connectivity index (χ0v) is 20.1. The summed E-state index contributed by atoms with van der Waals surface area (Å²) in [7, 11) is -0.228. The Bertz CT molecular complexity index is 1210. The van der Waals surface area contributed by atoms with Gasteiger partial charge in [0.05, 0.1) is 49.1 Å². The summed E-state index contributed by atoms with van der Waals surface area (Å²) >= 11 is 0. The minimum Gasteiger partial charge on any atom is -0.380 e. The molecule has 0 saturated carbocycles. The number of aromatic nitrogens is 1. The summed E-state index contributed by atoms with van der Waals surface area (Å²) < 4.78 is 31.1. The monoisotopic (exact) mass is 487 g/mol. The number of anilines is 3. The molecule has 182 valence electrons. The molecule has 34 heavy (non-hydrogen) atoms. The molecular formula is C22H29N7O4S. The SMILES string of the molecule is CN1NC2NC(Nc3cc4c(cn3)COC4)CC(Nc3ccccc3N(C)S(C)(=O)=O)C2C1=O. The molecule has 1 aromatic heterocycles. The van der Waals surface area contributed by atoms with Gasteiger partial charge in [-0.15, -0.1) is 0 Å². The van der Waals surface area contributed by atoms with E-state index in [9.17, 15) is 13.2 Å². The maximum atomic E-state index is 12.9. The van der Waals surface area contributed by atoms with Gasteiger partial charge in [-0.1, -0.05) is 12.1 Å². The van der Waals surface area contributed by atoms with E-state index in [1.54, 1.807) is 19.2 Å². The van der Waals surface area contributed by atoms with Gasteiger partial charge in [-0.2, -0.15) is 0 Å². The Hall–Kier alpha value is -2.93. The molecule has 0 spiro atoms. The number of carbonyl (C=O) groups is 1. The lowest BCUT2D eigenvalue weighted by molar-refractivity contribution is -0.131. The highest BCUT2D eigenvalue weighted by Gasteiger charge is 2.48. The van der Waals surface area contributed by atoms with Gasteiger partial charge in [0.1, 0.15) is 5.82 Å². The second kappa shape index (κ2) is 8.69. The summed E-state index contributed by atoms with van der Waals surface area (Å²) in [5.41, 5.74) is 6.57. The first kappa shape index (κ1) is 22.8. The third kappa shape index (κ3) is 4.29.